The third-order valence-electron chi connectivity index (χ3n) is 8.32. The van der Waals surface area contributed by atoms with Gasteiger partial charge in [0, 0.05) is 16.5 Å². The Hall–Kier alpha value is -3.41. The minimum atomic E-state index is -3.75. The maximum absolute atomic E-state index is 13.9. The summed E-state index contributed by atoms with van der Waals surface area (Å²) in [6.07, 6.45) is 6.95. The summed E-state index contributed by atoms with van der Waals surface area (Å²) in [6.45, 7) is 3.17. The number of hydrogen-bond acceptors (Lipinski definition) is 8. The van der Waals surface area contributed by atoms with Gasteiger partial charge in [0.1, 0.15) is 5.75 Å². The number of aromatic carboxylic acids is 1. The van der Waals surface area contributed by atoms with Crippen molar-refractivity contribution in [1.29, 1.82) is 0 Å². The van der Waals surface area contributed by atoms with Gasteiger partial charge in [-0.15, -0.1) is 11.3 Å². The molecule has 44 heavy (non-hydrogen) atoms. The molecular formula is C33H40N2O7S2. The van der Waals surface area contributed by atoms with Crippen LogP contribution in [0.5, 0.6) is 5.75 Å². The number of carbonyl (C=O) groups excluding carboxylic acids is 1. The molecule has 1 aromatic heterocycles. The molecule has 2 heterocycles. The summed E-state index contributed by atoms with van der Waals surface area (Å²) < 4.78 is 40.6. The highest BCUT2D eigenvalue weighted by Crippen LogP contribution is 2.43. The summed E-state index contributed by atoms with van der Waals surface area (Å²) in [7, 11) is -3.75. The lowest BCUT2D eigenvalue weighted by Crippen LogP contribution is -2.46. The molecule has 0 radical (unpaired) electrons. The maximum atomic E-state index is 13.9. The normalized spacial score (nSPS) is 16.4. The number of carboxylic acid groups (broad SMARTS) is 1. The van der Waals surface area contributed by atoms with E-state index in [1.165, 1.54) is 6.42 Å². The number of sulfonamides is 1. The van der Waals surface area contributed by atoms with Crippen LogP contribution in [0.1, 0.15) is 65.7 Å². The van der Waals surface area contributed by atoms with Crippen LogP contribution in [-0.4, -0.2) is 57.8 Å². The van der Waals surface area contributed by atoms with E-state index in [1.807, 2.05) is 36.4 Å². The van der Waals surface area contributed by atoms with Crippen LogP contribution in [0, 0.1) is 12.8 Å². The summed E-state index contributed by atoms with van der Waals surface area (Å²) >= 11 is 1.05. The van der Waals surface area contributed by atoms with E-state index in [1.54, 1.807) is 29.4 Å². The number of thiophene rings is 1. The molecule has 2 aromatic carbocycles. The third kappa shape index (κ3) is 7.80. The van der Waals surface area contributed by atoms with Crippen molar-refractivity contribution < 1.29 is 32.6 Å². The molecule has 2 aliphatic rings. The molecule has 0 amide bonds. The van der Waals surface area contributed by atoms with Crippen LogP contribution < -0.4 is 14.4 Å². The predicted molar refractivity (Wildman–Crippen MR) is 172 cm³/mol. The number of hydrogen-bond donors (Lipinski definition) is 2. The molecule has 0 unspecified atom stereocenters. The molecule has 0 bridgehead atoms. The molecule has 0 spiro atoms. The highest BCUT2D eigenvalue weighted by Gasteiger charge is 2.32. The average molecular weight is 641 g/mol. The molecule has 5 rings (SSSR count). The van der Waals surface area contributed by atoms with E-state index in [0.29, 0.717) is 52.6 Å². The second-order valence-corrected chi connectivity index (χ2v) is 14.4. The number of anilines is 1. The lowest BCUT2D eigenvalue weighted by molar-refractivity contribution is -0.147. The number of carbonyl (C=O) groups is 2. The van der Waals surface area contributed by atoms with Crippen molar-refractivity contribution in [3.8, 4) is 16.2 Å². The number of nitrogens with zero attached hydrogens (tertiary/aromatic N) is 1. The number of nitrogens with one attached hydrogen (secondary N) is 1. The minimum absolute atomic E-state index is 0.0186. The van der Waals surface area contributed by atoms with Crippen molar-refractivity contribution in [3.05, 3.63) is 70.6 Å². The first-order chi connectivity index (χ1) is 21.2. The van der Waals surface area contributed by atoms with Crippen LogP contribution in [0.15, 0.2) is 54.6 Å². The molecule has 236 valence electrons. The topological polar surface area (TPSA) is 122 Å². The van der Waals surface area contributed by atoms with Gasteiger partial charge in [0.2, 0.25) is 10.0 Å². The summed E-state index contributed by atoms with van der Waals surface area (Å²) in [5.41, 5.74) is 2.49. The lowest BCUT2D eigenvalue weighted by Gasteiger charge is -2.35. The van der Waals surface area contributed by atoms with Gasteiger partial charge in [-0.25, -0.2) is 18.0 Å². The first kappa shape index (κ1) is 32.0. The maximum Gasteiger partial charge on any atom is 0.349 e. The van der Waals surface area contributed by atoms with Gasteiger partial charge < -0.3 is 19.9 Å². The molecule has 3 aromatic rings. The Morgan fingerprint density at radius 2 is 1.73 bits per heavy atom. The number of rotatable bonds is 12. The second kappa shape index (κ2) is 14.6. The van der Waals surface area contributed by atoms with Crippen molar-refractivity contribution in [1.82, 2.24) is 5.32 Å². The SMILES string of the molecule is Cc1c(-c2cccc(N(C3CCNCC3)S(=O)(=O)Cc3ccccc3)c2)sc(C(=O)O)c1OCC(=O)OCC1CCCCC1. The number of piperidine rings is 1. The van der Waals surface area contributed by atoms with Crippen LogP contribution in [0.2, 0.25) is 0 Å². The minimum Gasteiger partial charge on any atom is -0.480 e. The van der Waals surface area contributed by atoms with Crippen molar-refractivity contribution in [2.24, 2.45) is 5.92 Å². The fourth-order valence-electron chi connectivity index (χ4n) is 6.10. The zero-order valence-electron chi connectivity index (χ0n) is 25.0. The van der Waals surface area contributed by atoms with Gasteiger partial charge in [-0.05, 0) is 74.9 Å². The molecule has 1 aliphatic heterocycles. The van der Waals surface area contributed by atoms with E-state index in [9.17, 15) is 23.1 Å². The molecule has 1 saturated carbocycles. The van der Waals surface area contributed by atoms with Crippen LogP contribution in [0.3, 0.4) is 0 Å². The van der Waals surface area contributed by atoms with E-state index in [0.717, 1.165) is 50.1 Å². The second-order valence-electron chi connectivity index (χ2n) is 11.6. The average Bonchev–Trinajstić information content (AvgIpc) is 3.36. The van der Waals surface area contributed by atoms with Gasteiger partial charge in [0.05, 0.1) is 18.0 Å². The van der Waals surface area contributed by atoms with E-state index in [2.05, 4.69) is 5.32 Å². The van der Waals surface area contributed by atoms with E-state index >= 15 is 0 Å². The summed E-state index contributed by atoms with van der Waals surface area (Å²) in [5.74, 6) is -1.32. The molecular weight excluding hydrogens is 601 g/mol. The third-order valence-corrected chi connectivity index (χ3v) is 11.4. The zero-order valence-corrected chi connectivity index (χ0v) is 26.6. The van der Waals surface area contributed by atoms with Crippen molar-refractivity contribution in [3.63, 3.8) is 0 Å². The molecule has 9 nitrogen and oxygen atoms in total. The zero-order chi connectivity index (χ0) is 31.1. The molecule has 0 atom stereocenters. The van der Waals surface area contributed by atoms with Crippen LogP contribution >= 0.6 is 11.3 Å². The number of ether oxygens (including phenoxy) is 2. The molecule has 11 heteroatoms. The summed E-state index contributed by atoms with van der Waals surface area (Å²) in [5, 5.41) is 13.3. The van der Waals surface area contributed by atoms with E-state index in [-0.39, 0.29) is 29.0 Å². The quantitative estimate of drug-likeness (QED) is 0.231. The smallest absolute Gasteiger partial charge is 0.349 e. The van der Waals surface area contributed by atoms with Gasteiger partial charge in [0.25, 0.3) is 0 Å². The fourth-order valence-corrected chi connectivity index (χ4v) is 9.04. The number of benzene rings is 2. The molecule has 2 fully saturated rings. The van der Waals surface area contributed by atoms with E-state index in [4.69, 9.17) is 9.47 Å². The van der Waals surface area contributed by atoms with Crippen molar-refractivity contribution in [2.75, 3.05) is 30.6 Å². The van der Waals surface area contributed by atoms with Gasteiger partial charge in [-0.3, -0.25) is 4.31 Å². The van der Waals surface area contributed by atoms with E-state index < -0.39 is 22.0 Å². The highest BCUT2D eigenvalue weighted by molar-refractivity contribution is 7.92. The largest absolute Gasteiger partial charge is 0.480 e. The Morgan fingerprint density at radius 3 is 2.43 bits per heavy atom. The Bertz CT molecular complexity index is 1540. The van der Waals surface area contributed by atoms with Crippen molar-refractivity contribution in [2.45, 2.75) is 63.7 Å². The van der Waals surface area contributed by atoms with Crippen LogP contribution in [-0.2, 0) is 25.3 Å². The van der Waals surface area contributed by atoms with Gasteiger partial charge in [-0.2, -0.15) is 0 Å². The lowest BCUT2D eigenvalue weighted by atomic mass is 9.90. The molecule has 1 aliphatic carbocycles. The van der Waals surface area contributed by atoms with Gasteiger partial charge >= 0.3 is 11.9 Å². The summed E-state index contributed by atoms with van der Waals surface area (Å²) in [6, 6.07) is 16.1. The Labute approximate surface area is 263 Å². The fraction of sp³-hybridized carbons (Fsp3) is 0.455. The van der Waals surface area contributed by atoms with Crippen LogP contribution in [0.25, 0.3) is 10.4 Å². The van der Waals surface area contributed by atoms with Gasteiger partial charge in [0.15, 0.2) is 11.5 Å². The summed E-state index contributed by atoms with van der Waals surface area (Å²) in [4.78, 5) is 25.3. The Kier molecular flexibility index (Phi) is 10.6. The Morgan fingerprint density at radius 1 is 1.00 bits per heavy atom. The standard InChI is InChI=1S/C33H40N2O7S2/c1-23-30(42-21-29(36)41-20-24-9-4-2-5-10-24)32(33(37)38)43-31(23)26-13-8-14-28(19-26)35(27-15-17-34-18-16-27)44(39,40)22-25-11-6-3-7-12-25/h3,6-8,11-14,19,24,27,34H,2,4-5,9-10,15-18,20-22H2,1H3,(H,37,38). The number of esters is 1. The highest BCUT2D eigenvalue weighted by atomic mass is 32.2. The first-order valence-corrected chi connectivity index (χ1v) is 17.7. The molecule has 1 saturated heterocycles. The predicted octanol–water partition coefficient (Wildman–Crippen LogP) is 6.01. The first-order valence-electron chi connectivity index (χ1n) is 15.2. The van der Waals surface area contributed by atoms with Crippen LogP contribution in [0.4, 0.5) is 5.69 Å². The monoisotopic (exact) mass is 640 g/mol. The van der Waals surface area contributed by atoms with Gasteiger partial charge in [-0.1, -0.05) is 61.7 Å². The Balaban J connectivity index is 1.40. The molecule has 2 N–H and O–H groups in total. The number of carboxylic acids is 1. The van der Waals surface area contributed by atoms with Crippen molar-refractivity contribution >= 4 is 39.0 Å².